The van der Waals surface area contributed by atoms with Crippen LogP contribution in [0.5, 0.6) is 5.19 Å². The number of halogens is 1. The van der Waals surface area contributed by atoms with Crippen LogP contribution in [0.1, 0.15) is 29.3 Å². The first-order chi connectivity index (χ1) is 16.5. The fourth-order valence-electron chi connectivity index (χ4n) is 3.69. The van der Waals surface area contributed by atoms with E-state index in [1.165, 1.54) is 22.4 Å². The van der Waals surface area contributed by atoms with Crippen molar-refractivity contribution in [2.24, 2.45) is 5.10 Å². The van der Waals surface area contributed by atoms with Gasteiger partial charge in [-0.2, -0.15) is 15.6 Å². The Bertz CT molecular complexity index is 1270. The molecular weight excluding hydrogens is 459 g/mol. The molecule has 0 radical (unpaired) electrons. The van der Waals surface area contributed by atoms with Crippen LogP contribution < -0.4 is 10.1 Å². The number of urea groups is 1. The average molecular weight is 479 g/mol. The molecule has 0 bridgehead atoms. The maximum absolute atomic E-state index is 13.9. The molecule has 1 atom stereocenters. The number of likely N-dealkylation sites (tertiary alicyclic amines) is 1. The van der Waals surface area contributed by atoms with Crippen molar-refractivity contribution < 1.29 is 13.9 Å². The van der Waals surface area contributed by atoms with Crippen LogP contribution in [0.25, 0.3) is 5.70 Å². The lowest BCUT2D eigenvalue weighted by Gasteiger charge is -2.40. The van der Waals surface area contributed by atoms with Crippen molar-refractivity contribution in [1.29, 1.82) is 15.9 Å². The average Bonchev–Trinajstić information content (AvgIpc) is 3.48. The highest BCUT2D eigenvalue weighted by Crippen LogP contribution is 2.32. The van der Waals surface area contributed by atoms with E-state index in [4.69, 9.17) is 20.7 Å². The van der Waals surface area contributed by atoms with Gasteiger partial charge in [-0.05, 0) is 23.8 Å². The summed E-state index contributed by atoms with van der Waals surface area (Å²) in [6.07, 6.45) is 2.73. The molecule has 0 unspecified atom stereocenters. The number of hydrogen-bond donors (Lipinski definition) is 2. The number of hydrogen-bond acceptors (Lipinski definition) is 9. The molecule has 12 heteroatoms. The van der Waals surface area contributed by atoms with Gasteiger partial charge in [0.2, 0.25) is 0 Å². The molecule has 10 nitrogen and oxygen atoms in total. The largest absolute Gasteiger partial charge is 0.463 e. The zero-order valence-corrected chi connectivity index (χ0v) is 18.8. The molecule has 2 aromatic rings. The van der Waals surface area contributed by atoms with E-state index in [2.05, 4.69) is 15.4 Å². The minimum absolute atomic E-state index is 0.153. The minimum atomic E-state index is -0.535. The van der Waals surface area contributed by atoms with Crippen LogP contribution in [-0.4, -0.2) is 59.6 Å². The minimum Gasteiger partial charge on any atom is -0.463 e. The van der Waals surface area contributed by atoms with Crippen LogP contribution in [0.2, 0.25) is 0 Å². The molecule has 2 amide bonds. The summed E-state index contributed by atoms with van der Waals surface area (Å²) in [5.74, 6) is -0.535. The second-order valence-corrected chi connectivity index (χ2v) is 8.32. The lowest BCUT2D eigenvalue weighted by atomic mass is 10.0. The Labute approximate surface area is 198 Å². The first kappa shape index (κ1) is 22.9. The number of amides is 2. The summed E-state index contributed by atoms with van der Waals surface area (Å²) >= 11 is 1.26. The molecule has 34 heavy (non-hydrogen) atoms. The summed E-state index contributed by atoms with van der Waals surface area (Å²) in [5.41, 5.74) is 1.79. The van der Waals surface area contributed by atoms with Crippen molar-refractivity contribution in [3.8, 4) is 17.3 Å². The Kier molecular flexibility index (Phi) is 6.52. The van der Waals surface area contributed by atoms with E-state index in [1.54, 1.807) is 29.6 Å². The molecule has 2 aliphatic rings. The number of hydrazone groups is 1. The summed E-state index contributed by atoms with van der Waals surface area (Å²) < 4.78 is 19.7. The van der Waals surface area contributed by atoms with Crippen molar-refractivity contribution >= 4 is 35.5 Å². The first-order valence-electron chi connectivity index (χ1n) is 10.2. The Morgan fingerprint density at radius 2 is 2.18 bits per heavy atom. The monoisotopic (exact) mass is 478 g/mol. The molecule has 1 aromatic heterocycles. The van der Waals surface area contributed by atoms with Gasteiger partial charge in [0.25, 0.3) is 5.19 Å². The number of aromatic nitrogens is 1. The van der Waals surface area contributed by atoms with E-state index >= 15 is 0 Å². The van der Waals surface area contributed by atoms with Crippen LogP contribution in [-0.2, 0) is 0 Å². The van der Waals surface area contributed by atoms with Crippen molar-refractivity contribution in [2.45, 2.75) is 18.6 Å². The van der Waals surface area contributed by atoms with Gasteiger partial charge in [0.05, 0.1) is 42.0 Å². The highest BCUT2D eigenvalue weighted by Gasteiger charge is 2.39. The molecule has 3 heterocycles. The predicted octanol–water partition coefficient (Wildman–Crippen LogP) is 2.87. The number of nitrogens with one attached hydrogen (secondary N) is 2. The van der Waals surface area contributed by atoms with Gasteiger partial charge < -0.3 is 20.4 Å². The quantitative estimate of drug-likeness (QED) is 0.483. The molecule has 1 fully saturated rings. The van der Waals surface area contributed by atoms with E-state index in [0.717, 1.165) is 12.3 Å². The second-order valence-electron chi connectivity index (χ2n) is 7.50. The fourth-order valence-corrected chi connectivity index (χ4v) is 4.41. The summed E-state index contributed by atoms with van der Waals surface area (Å²) in [6.45, 7) is 0.662. The molecule has 0 spiro atoms. The number of nitrogens with zero attached hydrogens (tertiary/aromatic N) is 6. The van der Waals surface area contributed by atoms with Gasteiger partial charge >= 0.3 is 6.03 Å². The third-order valence-corrected chi connectivity index (χ3v) is 6.10. The number of rotatable bonds is 6. The fraction of sp³-hybridized carbons (Fsp3) is 0.273. The summed E-state index contributed by atoms with van der Waals surface area (Å²) in [5, 5.41) is 36.1. The number of carbonyl (C=O) groups is 1. The zero-order chi connectivity index (χ0) is 24.2. The van der Waals surface area contributed by atoms with Crippen molar-refractivity contribution in [3.63, 3.8) is 0 Å². The standard InChI is InChI=1S/C22H19FN8O2S/c1-27-20(15(8-25)9-26)18-12-34-21(29-18)33-17-10-30(11-17)22(32)31-19(2-3-28-31)14-4-13(7-24)5-16(23)6-14/h3-6,8,12,17,19,25,27H,2,10-11H2,1H3/b20-15+,25-8?/t19-/m0/s1. The SMILES string of the molecule is CN/C(=C(/C#N)C=N)c1csc(OC2CN(C(=O)N3N=CC[C@H]3c3cc(F)cc(C#N)c3)C2)n1. The van der Waals surface area contributed by atoms with Crippen LogP contribution in [0, 0.1) is 33.9 Å². The number of allylic oxidation sites excluding steroid dienone is 1. The lowest BCUT2D eigenvalue weighted by molar-refractivity contribution is 0.0276. The molecule has 0 aliphatic carbocycles. The molecule has 1 saturated heterocycles. The van der Waals surface area contributed by atoms with Gasteiger partial charge in [0.15, 0.2) is 0 Å². The van der Waals surface area contributed by atoms with Crippen molar-refractivity contribution in [1.82, 2.24) is 20.2 Å². The van der Waals surface area contributed by atoms with E-state index in [9.17, 15) is 9.18 Å². The molecule has 2 N–H and O–H groups in total. The Morgan fingerprint density at radius 3 is 2.85 bits per heavy atom. The Morgan fingerprint density at radius 1 is 1.38 bits per heavy atom. The molecular formula is C22H19FN8O2S. The predicted molar refractivity (Wildman–Crippen MR) is 123 cm³/mol. The first-order valence-corrected chi connectivity index (χ1v) is 11.1. The third kappa shape index (κ3) is 4.44. The zero-order valence-electron chi connectivity index (χ0n) is 18.0. The summed E-state index contributed by atoms with van der Waals surface area (Å²) in [4.78, 5) is 18.9. The van der Waals surface area contributed by atoms with Crippen molar-refractivity contribution in [2.75, 3.05) is 20.1 Å². The molecule has 1 aromatic carbocycles. The summed E-state index contributed by atoms with van der Waals surface area (Å²) in [6, 6.07) is 7.09. The molecule has 172 valence electrons. The maximum atomic E-state index is 13.9. The third-order valence-electron chi connectivity index (χ3n) is 5.37. The van der Waals surface area contributed by atoms with E-state index in [1.807, 2.05) is 12.1 Å². The van der Waals surface area contributed by atoms with Gasteiger partial charge in [-0.25, -0.2) is 19.2 Å². The number of benzene rings is 1. The smallest absolute Gasteiger partial charge is 0.341 e. The van der Waals surface area contributed by atoms with Crippen molar-refractivity contribution in [3.05, 3.63) is 51.8 Å². The van der Waals surface area contributed by atoms with E-state index in [0.29, 0.717) is 41.7 Å². The van der Waals surface area contributed by atoms with E-state index < -0.39 is 11.9 Å². The molecule has 4 rings (SSSR count). The topological polar surface area (TPSA) is 141 Å². The van der Waals surface area contributed by atoms with Gasteiger partial charge in [-0.15, -0.1) is 0 Å². The second kappa shape index (κ2) is 9.68. The van der Waals surface area contributed by atoms with Crippen LogP contribution in [0.4, 0.5) is 9.18 Å². The highest BCUT2D eigenvalue weighted by molar-refractivity contribution is 7.11. The van der Waals surface area contributed by atoms with Gasteiger partial charge in [0.1, 0.15) is 23.7 Å². The van der Waals surface area contributed by atoms with Gasteiger partial charge in [-0.1, -0.05) is 11.3 Å². The van der Waals surface area contributed by atoms with Crippen LogP contribution in [0.3, 0.4) is 0 Å². The van der Waals surface area contributed by atoms with Crippen LogP contribution in [0.15, 0.2) is 34.3 Å². The Balaban J connectivity index is 1.38. The van der Waals surface area contributed by atoms with Crippen LogP contribution >= 0.6 is 11.3 Å². The Hall–Kier alpha value is -4.29. The number of thiazole rings is 1. The van der Waals surface area contributed by atoms with Gasteiger partial charge in [0, 0.05) is 31.3 Å². The lowest BCUT2D eigenvalue weighted by Crippen LogP contribution is -2.58. The number of nitriles is 2. The summed E-state index contributed by atoms with van der Waals surface area (Å²) in [7, 11) is 1.64. The van der Waals surface area contributed by atoms with E-state index in [-0.39, 0.29) is 23.3 Å². The molecule has 0 saturated carbocycles. The molecule has 2 aliphatic heterocycles. The highest BCUT2D eigenvalue weighted by atomic mass is 32.1. The maximum Gasteiger partial charge on any atom is 0.341 e. The number of ether oxygens (including phenoxy) is 1. The normalized spacial score (nSPS) is 17.9. The van der Waals surface area contributed by atoms with Gasteiger partial charge in [-0.3, -0.25) is 0 Å². The number of carbonyl (C=O) groups excluding carboxylic acids is 1.